The van der Waals surface area contributed by atoms with Crippen LogP contribution in [0.1, 0.15) is 25.9 Å². The normalized spacial score (nSPS) is 10.3. The van der Waals surface area contributed by atoms with Crippen molar-refractivity contribution < 1.29 is 9.72 Å². The Morgan fingerprint density at radius 1 is 1.35 bits per heavy atom. The van der Waals surface area contributed by atoms with Crippen LogP contribution in [0.25, 0.3) is 0 Å². The summed E-state index contributed by atoms with van der Waals surface area (Å²) in [5.74, 6) is -0.245. The first-order valence-corrected chi connectivity index (χ1v) is 6.70. The Labute approximate surface area is 119 Å². The molecule has 0 bridgehead atoms. The number of hydrogen-bond donors (Lipinski definition) is 1. The Morgan fingerprint density at radius 2 is 2.05 bits per heavy atom. The minimum atomic E-state index is -0.463. The molecule has 0 aliphatic heterocycles. The molecule has 20 heavy (non-hydrogen) atoms. The average Bonchev–Trinajstić information content (AvgIpc) is 2.70. The van der Waals surface area contributed by atoms with Gasteiger partial charge in [0.1, 0.15) is 4.88 Å². The van der Waals surface area contributed by atoms with Crippen LogP contribution < -0.4 is 5.32 Å². The molecule has 0 fully saturated rings. The van der Waals surface area contributed by atoms with Crippen LogP contribution in [0.5, 0.6) is 0 Å². The van der Waals surface area contributed by atoms with E-state index < -0.39 is 4.92 Å². The summed E-state index contributed by atoms with van der Waals surface area (Å²) in [6.45, 7) is 5.33. The Morgan fingerprint density at radius 3 is 2.55 bits per heavy atom. The zero-order chi connectivity index (χ0) is 14.9. The topological polar surface area (TPSA) is 85.1 Å². The van der Waals surface area contributed by atoms with Crippen LogP contribution >= 0.6 is 11.3 Å². The number of aryl methyl sites for hydroxylation is 3. The van der Waals surface area contributed by atoms with Crippen LogP contribution in [0.15, 0.2) is 18.2 Å². The number of nitro benzene ring substituents is 1. The maximum absolute atomic E-state index is 12.1. The molecular formula is C13H13N3O3S. The first-order valence-electron chi connectivity index (χ1n) is 5.89. The van der Waals surface area contributed by atoms with Crippen molar-refractivity contribution in [2.75, 3.05) is 5.32 Å². The van der Waals surface area contributed by atoms with Gasteiger partial charge in [-0.1, -0.05) is 0 Å². The second kappa shape index (κ2) is 5.38. The number of benzene rings is 1. The van der Waals surface area contributed by atoms with E-state index in [0.29, 0.717) is 21.8 Å². The van der Waals surface area contributed by atoms with Crippen molar-refractivity contribution in [1.82, 2.24) is 4.98 Å². The van der Waals surface area contributed by atoms with E-state index in [4.69, 9.17) is 0 Å². The number of carbonyl (C=O) groups is 1. The number of nitrogens with one attached hydrogen (secondary N) is 1. The van der Waals surface area contributed by atoms with Gasteiger partial charge in [0, 0.05) is 17.8 Å². The Bertz CT molecular complexity index is 694. The number of hydrogen-bond acceptors (Lipinski definition) is 5. The third-order valence-corrected chi connectivity index (χ3v) is 3.85. The molecule has 0 spiro atoms. The maximum atomic E-state index is 12.1. The Balaban J connectivity index is 2.24. The highest BCUT2D eigenvalue weighted by atomic mass is 32.1. The molecule has 0 aliphatic carbocycles. The van der Waals surface area contributed by atoms with E-state index in [1.165, 1.54) is 29.5 Å². The molecule has 0 radical (unpaired) electrons. The first-order chi connectivity index (χ1) is 9.38. The summed E-state index contributed by atoms with van der Waals surface area (Å²) in [4.78, 5) is 27.1. The molecule has 6 nitrogen and oxygen atoms in total. The molecule has 104 valence electrons. The quantitative estimate of drug-likeness (QED) is 0.695. The van der Waals surface area contributed by atoms with Crippen molar-refractivity contribution >= 4 is 28.6 Å². The lowest BCUT2D eigenvalue weighted by Crippen LogP contribution is -2.12. The van der Waals surface area contributed by atoms with E-state index in [9.17, 15) is 14.9 Å². The van der Waals surface area contributed by atoms with Crippen LogP contribution in [-0.4, -0.2) is 15.8 Å². The van der Waals surface area contributed by atoms with Gasteiger partial charge in [-0.05, 0) is 32.4 Å². The van der Waals surface area contributed by atoms with Gasteiger partial charge in [0.15, 0.2) is 0 Å². The van der Waals surface area contributed by atoms with Crippen molar-refractivity contribution in [1.29, 1.82) is 0 Å². The molecule has 2 rings (SSSR count). The average molecular weight is 291 g/mol. The molecule has 7 heteroatoms. The van der Waals surface area contributed by atoms with Crippen LogP contribution in [0.3, 0.4) is 0 Å². The van der Waals surface area contributed by atoms with Crippen molar-refractivity contribution in [2.45, 2.75) is 20.8 Å². The lowest BCUT2D eigenvalue weighted by molar-refractivity contribution is -0.384. The maximum Gasteiger partial charge on any atom is 0.269 e. The third-order valence-electron chi connectivity index (χ3n) is 2.78. The standard InChI is InChI=1S/C13H13N3O3S/c1-7-6-10(16(18)19)4-5-11(7)15-13(17)12-8(2)14-9(3)20-12/h4-6H,1-3H3,(H,15,17). The smallest absolute Gasteiger partial charge is 0.269 e. The summed E-state index contributed by atoms with van der Waals surface area (Å²) in [5.41, 5.74) is 1.90. The fraction of sp³-hybridized carbons (Fsp3) is 0.231. The largest absolute Gasteiger partial charge is 0.321 e. The lowest BCUT2D eigenvalue weighted by atomic mass is 10.1. The Kier molecular flexibility index (Phi) is 3.80. The van der Waals surface area contributed by atoms with E-state index in [-0.39, 0.29) is 11.6 Å². The zero-order valence-corrected chi connectivity index (χ0v) is 12.1. The monoisotopic (exact) mass is 291 g/mol. The first kappa shape index (κ1) is 14.1. The van der Waals surface area contributed by atoms with E-state index in [1.54, 1.807) is 13.8 Å². The van der Waals surface area contributed by atoms with Crippen molar-refractivity contribution in [3.05, 3.63) is 49.5 Å². The molecule has 0 unspecified atom stereocenters. The summed E-state index contributed by atoms with van der Waals surface area (Å²) in [6.07, 6.45) is 0. The molecule has 0 saturated carbocycles. The number of amides is 1. The number of thiazole rings is 1. The zero-order valence-electron chi connectivity index (χ0n) is 11.3. The number of non-ortho nitro benzene ring substituents is 1. The van der Waals surface area contributed by atoms with Gasteiger partial charge in [-0.3, -0.25) is 14.9 Å². The number of aromatic nitrogens is 1. The SMILES string of the molecule is Cc1nc(C)c(C(=O)Nc2ccc([N+](=O)[O-])cc2C)s1. The Hall–Kier alpha value is -2.28. The van der Waals surface area contributed by atoms with Gasteiger partial charge in [-0.15, -0.1) is 11.3 Å². The molecule has 0 aliphatic rings. The highest BCUT2D eigenvalue weighted by molar-refractivity contribution is 7.13. The van der Waals surface area contributed by atoms with Crippen LogP contribution in [0.4, 0.5) is 11.4 Å². The minimum Gasteiger partial charge on any atom is -0.321 e. The number of nitrogens with zero attached hydrogens (tertiary/aromatic N) is 2. The van der Waals surface area contributed by atoms with Crippen LogP contribution in [0.2, 0.25) is 0 Å². The molecule has 1 aromatic heterocycles. The fourth-order valence-electron chi connectivity index (χ4n) is 1.82. The second-order valence-electron chi connectivity index (χ2n) is 4.36. The van der Waals surface area contributed by atoms with Gasteiger partial charge < -0.3 is 5.32 Å². The molecule has 2 aromatic rings. The van der Waals surface area contributed by atoms with E-state index >= 15 is 0 Å². The van der Waals surface area contributed by atoms with E-state index in [0.717, 1.165) is 5.01 Å². The second-order valence-corrected chi connectivity index (χ2v) is 5.56. The number of carbonyl (C=O) groups excluding carboxylic acids is 1. The number of rotatable bonds is 3. The van der Waals surface area contributed by atoms with Crippen molar-refractivity contribution in [2.24, 2.45) is 0 Å². The predicted molar refractivity (Wildman–Crippen MR) is 77.4 cm³/mol. The lowest BCUT2D eigenvalue weighted by Gasteiger charge is -2.07. The van der Waals surface area contributed by atoms with Gasteiger partial charge in [-0.2, -0.15) is 0 Å². The summed E-state index contributed by atoms with van der Waals surface area (Å²) >= 11 is 1.32. The summed E-state index contributed by atoms with van der Waals surface area (Å²) in [5, 5.41) is 14.2. The van der Waals surface area contributed by atoms with Crippen molar-refractivity contribution in [3.63, 3.8) is 0 Å². The molecule has 0 saturated heterocycles. The summed E-state index contributed by atoms with van der Waals surface area (Å²) in [7, 11) is 0. The van der Waals surface area contributed by atoms with Crippen molar-refractivity contribution in [3.8, 4) is 0 Å². The highest BCUT2D eigenvalue weighted by Gasteiger charge is 2.15. The van der Waals surface area contributed by atoms with Gasteiger partial charge >= 0.3 is 0 Å². The predicted octanol–water partition coefficient (Wildman–Crippen LogP) is 3.23. The number of nitro groups is 1. The molecule has 1 N–H and O–H groups in total. The van der Waals surface area contributed by atoms with E-state index in [2.05, 4.69) is 10.3 Å². The van der Waals surface area contributed by atoms with Gasteiger partial charge in [0.25, 0.3) is 11.6 Å². The van der Waals surface area contributed by atoms with Gasteiger partial charge in [0.2, 0.25) is 0 Å². The molecule has 1 aromatic carbocycles. The minimum absolute atomic E-state index is 0.00492. The van der Waals surface area contributed by atoms with Gasteiger partial charge in [-0.25, -0.2) is 4.98 Å². The summed E-state index contributed by atoms with van der Waals surface area (Å²) < 4.78 is 0. The van der Waals surface area contributed by atoms with Crippen LogP contribution in [0, 0.1) is 30.9 Å². The summed E-state index contributed by atoms with van der Waals surface area (Å²) in [6, 6.07) is 4.34. The molecule has 0 atom stereocenters. The number of anilines is 1. The molecule has 1 heterocycles. The van der Waals surface area contributed by atoms with E-state index in [1.807, 2.05) is 6.92 Å². The highest BCUT2D eigenvalue weighted by Crippen LogP contribution is 2.23. The van der Waals surface area contributed by atoms with Crippen LogP contribution in [-0.2, 0) is 0 Å². The third kappa shape index (κ3) is 2.83. The fourth-order valence-corrected chi connectivity index (χ4v) is 2.64. The molecule has 1 amide bonds. The van der Waals surface area contributed by atoms with Gasteiger partial charge in [0.05, 0.1) is 15.6 Å². The molecular weight excluding hydrogens is 278 g/mol.